The molecule has 0 atom stereocenters. The van der Waals surface area contributed by atoms with Gasteiger partial charge in [0.25, 0.3) is 0 Å². The van der Waals surface area contributed by atoms with E-state index >= 15 is 0 Å². The van der Waals surface area contributed by atoms with Gasteiger partial charge < -0.3 is 5.32 Å². The zero-order valence-corrected chi connectivity index (χ0v) is 15.3. The van der Waals surface area contributed by atoms with Gasteiger partial charge in [-0.3, -0.25) is 14.4 Å². The molecule has 1 N–H and O–H groups in total. The van der Waals surface area contributed by atoms with Crippen molar-refractivity contribution in [2.45, 2.75) is 20.0 Å². The summed E-state index contributed by atoms with van der Waals surface area (Å²) in [6.07, 6.45) is 1.61. The molecular weight excluding hydrogens is 364 g/mol. The molecule has 0 fully saturated rings. The number of hydrogen-bond donors (Lipinski definition) is 1. The van der Waals surface area contributed by atoms with E-state index in [-0.39, 0.29) is 11.7 Å². The van der Waals surface area contributed by atoms with E-state index in [0.717, 1.165) is 22.4 Å². The van der Waals surface area contributed by atoms with Gasteiger partial charge in [0, 0.05) is 37.3 Å². The van der Waals surface area contributed by atoms with Crippen LogP contribution in [0.5, 0.6) is 0 Å². The van der Waals surface area contributed by atoms with Crippen LogP contribution in [0.15, 0.2) is 42.6 Å². The van der Waals surface area contributed by atoms with E-state index in [1.54, 1.807) is 29.3 Å². The Morgan fingerprint density at radius 3 is 2.68 bits per heavy atom. The number of fused-ring (bicyclic) bond motifs is 1. The summed E-state index contributed by atoms with van der Waals surface area (Å²) in [5.74, 6) is -0.119. The highest BCUT2D eigenvalue weighted by atomic mass is 19.1. The average Bonchev–Trinajstić information content (AvgIpc) is 3.06. The number of pyridine rings is 1. The topological polar surface area (TPSA) is 63.1 Å². The number of rotatable bonds is 4. The summed E-state index contributed by atoms with van der Waals surface area (Å²) in [6, 6.07) is 9.72. The SMILES string of the molecule is CC(=O)Nc1cc(-c2c(-c3ccc(F)cc3)nn3c2CN(CF)CC3)ccn1. The van der Waals surface area contributed by atoms with E-state index in [1.807, 2.05) is 10.7 Å². The van der Waals surface area contributed by atoms with Crippen LogP contribution in [-0.4, -0.2) is 38.9 Å². The molecule has 0 radical (unpaired) electrons. The Kier molecular flexibility index (Phi) is 4.87. The molecule has 1 aliphatic heterocycles. The van der Waals surface area contributed by atoms with Crippen molar-refractivity contribution in [3.8, 4) is 22.4 Å². The first-order chi connectivity index (χ1) is 13.5. The summed E-state index contributed by atoms with van der Waals surface area (Å²) in [6.45, 7) is 2.43. The molecule has 3 aromatic rings. The summed E-state index contributed by atoms with van der Waals surface area (Å²) in [5.41, 5.74) is 3.97. The zero-order valence-electron chi connectivity index (χ0n) is 15.3. The first kappa shape index (κ1) is 18.2. The number of benzene rings is 1. The molecule has 0 unspecified atom stereocenters. The molecule has 6 nitrogen and oxygen atoms in total. The number of aromatic nitrogens is 3. The van der Waals surface area contributed by atoms with Gasteiger partial charge in [0.15, 0.2) is 0 Å². The van der Waals surface area contributed by atoms with Crippen LogP contribution >= 0.6 is 0 Å². The third-order valence-electron chi connectivity index (χ3n) is 4.70. The number of alkyl halides is 1. The summed E-state index contributed by atoms with van der Waals surface area (Å²) in [4.78, 5) is 17.3. The molecule has 3 heterocycles. The van der Waals surface area contributed by atoms with Crippen LogP contribution in [0.25, 0.3) is 22.4 Å². The summed E-state index contributed by atoms with van der Waals surface area (Å²) >= 11 is 0. The number of carbonyl (C=O) groups excluding carboxylic acids is 1. The van der Waals surface area contributed by atoms with Crippen LogP contribution in [0, 0.1) is 5.82 Å². The maximum atomic E-state index is 13.4. The number of carbonyl (C=O) groups is 1. The van der Waals surface area contributed by atoms with Gasteiger partial charge in [-0.15, -0.1) is 0 Å². The third-order valence-corrected chi connectivity index (χ3v) is 4.70. The van der Waals surface area contributed by atoms with Crippen molar-refractivity contribution in [3.05, 3.63) is 54.1 Å². The molecule has 1 aliphatic rings. The zero-order chi connectivity index (χ0) is 19.7. The molecule has 0 spiro atoms. The van der Waals surface area contributed by atoms with Gasteiger partial charge in [-0.1, -0.05) is 0 Å². The monoisotopic (exact) mass is 383 g/mol. The lowest BCUT2D eigenvalue weighted by molar-refractivity contribution is -0.114. The largest absolute Gasteiger partial charge is 0.311 e. The molecule has 1 amide bonds. The normalized spacial score (nSPS) is 14.0. The predicted molar refractivity (Wildman–Crippen MR) is 102 cm³/mol. The van der Waals surface area contributed by atoms with Crippen LogP contribution in [0.3, 0.4) is 0 Å². The molecule has 2 aromatic heterocycles. The molecule has 1 aromatic carbocycles. The lowest BCUT2D eigenvalue weighted by Crippen LogP contribution is -2.33. The number of amides is 1. The van der Waals surface area contributed by atoms with Gasteiger partial charge in [0.1, 0.15) is 24.1 Å². The van der Waals surface area contributed by atoms with Gasteiger partial charge >= 0.3 is 0 Å². The van der Waals surface area contributed by atoms with Crippen molar-refractivity contribution < 1.29 is 13.6 Å². The van der Waals surface area contributed by atoms with E-state index in [1.165, 1.54) is 19.1 Å². The first-order valence-corrected chi connectivity index (χ1v) is 8.93. The first-order valence-electron chi connectivity index (χ1n) is 8.93. The second kappa shape index (κ2) is 7.47. The Labute approximate surface area is 160 Å². The Morgan fingerprint density at radius 2 is 1.96 bits per heavy atom. The summed E-state index contributed by atoms with van der Waals surface area (Å²) < 4.78 is 28.6. The Bertz CT molecular complexity index is 1020. The fourth-order valence-electron chi connectivity index (χ4n) is 3.42. The van der Waals surface area contributed by atoms with Gasteiger partial charge in [0.2, 0.25) is 5.91 Å². The van der Waals surface area contributed by atoms with E-state index in [9.17, 15) is 13.6 Å². The van der Waals surface area contributed by atoms with Gasteiger partial charge in [0.05, 0.1) is 12.2 Å². The van der Waals surface area contributed by atoms with E-state index in [4.69, 9.17) is 5.10 Å². The van der Waals surface area contributed by atoms with Crippen LogP contribution in [0.1, 0.15) is 12.6 Å². The number of hydrogen-bond acceptors (Lipinski definition) is 4. The van der Waals surface area contributed by atoms with Gasteiger partial charge in [-0.2, -0.15) is 5.10 Å². The molecule has 0 saturated carbocycles. The molecule has 8 heteroatoms. The van der Waals surface area contributed by atoms with Crippen molar-refractivity contribution in [2.24, 2.45) is 0 Å². The average molecular weight is 383 g/mol. The van der Waals surface area contributed by atoms with Crippen LogP contribution in [-0.2, 0) is 17.9 Å². The molecule has 0 bridgehead atoms. The number of anilines is 1. The maximum absolute atomic E-state index is 13.4. The van der Waals surface area contributed by atoms with Crippen molar-refractivity contribution in [1.29, 1.82) is 0 Å². The number of nitrogens with one attached hydrogen (secondary N) is 1. The lowest BCUT2D eigenvalue weighted by atomic mass is 9.98. The highest BCUT2D eigenvalue weighted by molar-refractivity contribution is 5.89. The van der Waals surface area contributed by atoms with Crippen molar-refractivity contribution in [2.75, 3.05) is 18.7 Å². The Hall–Kier alpha value is -3.13. The molecule has 28 heavy (non-hydrogen) atoms. The molecule has 4 rings (SSSR count). The quantitative estimate of drug-likeness (QED) is 0.701. The number of nitrogens with zero attached hydrogens (tertiary/aromatic N) is 4. The molecule has 144 valence electrons. The fraction of sp³-hybridized carbons (Fsp3) is 0.250. The Balaban J connectivity index is 1.88. The summed E-state index contributed by atoms with van der Waals surface area (Å²) in [7, 11) is 0. The third kappa shape index (κ3) is 3.50. The van der Waals surface area contributed by atoms with Crippen LogP contribution in [0.4, 0.5) is 14.6 Å². The predicted octanol–water partition coefficient (Wildman–Crippen LogP) is 3.45. The fourth-order valence-corrected chi connectivity index (χ4v) is 3.42. The second-order valence-electron chi connectivity index (χ2n) is 6.68. The maximum Gasteiger partial charge on any atom is 0.222 e. The highest BCUT2D eigenvalue weighted by Crippen LogP contribution is 2.37. The van der Waals surface area contributed by atoms with E-state index in [2.05, 4.69) is 10.3 Å². The smallest absolute Gasteiger partial charge is 0.222 e. The summed E-state index contributed by atoms with van der Waals surface area (Å²) in [5, 5.41) is 7.40. The lowest BCUT2D eigenvalue weighted by Gasteiger charge is -2.25. The number of halogens is 2. The minimum atomic E-state index is -0.538. The van der Waals surface area contributed by atoms with E-state index in [0.29, 0.717) is 31.1 Å². The van der Waals surface area contributed by atoms with E-state index < -0.39 is 6.80 Å². The molecule has 0 saturated heterocycles. The second-order valence-corrected chi connectivity index (χ2v) is 6.68. The molecule has 0 aliphatic carbocycles. The highest BCUT2D eigenvalue weighted by Gasteiger charge is 2.26. The molecular formula is C20H19F2N5O. The van der Waals surface area contributed by atoms with Gasteiger partial charge in [-0.05, 0) is 42.0 Å². The standard InChI is InChI=1S/C20H19F2N5O/c1-13(28)24-18-10-15(6-7-23-18)19-17-11-26(12-21)8-9-27(17)25-20(19)14-2-4-16(22)5-3-14/h2-7,10H,8-9,11-12H2,1H3,(H,23,24,28). The minimum absolute atomic E-state index is 0.218. The Morgan fingerprint density at radius 1 is 1.18 bits per heavy atom. The van der Waals surface area contributed by atoms with Crippen LogP contribution in [0.2, 0.25) is 0 Å². The van der Waals surface area contributed by atoms with Crippen molar-refractivity contribution in [1.82, 2.24) is 19.7 Å². The van der Waals surface area contributed by atoms with Crippen molar-refractivity contribution in [3.63, 3.8) is 0 Å². The minimum Gasteiger partial charge on any atom is -0.311 e. The van der Waals surface area contributed by atoms with Gasteiger partial charge in [-0.25, -0.2) is 13.8 Å². The van der Waals surface area contributed by atoms with Crippen molar-refractivity contribution >= 4 is 11.7 Å². The van der Waals surface area contributed by atoms with Crippen LogP contribution < -0.4 is 5.32 Å².